The summed E-state index contributed by atoms with van der Waals surface area (Å²) in [6.45, 7) is 3.67. The number of hydrogen-bond donors (Lipinski definition) is 1. The van der Waals surface area contributed by atoms with Crippen LogP contribution in [0.25, 0.3) is 5.69 Å². The van der Waals surface area contributed by atoms with Gasteiger partial charge in [0.05, 0.1) is 22.3 Å². The Hall–Kier alpha value is -3.55. The Bertz CT molecular complexity index is 1120. The number of hydrogen-bond acceptors (Lipinski definition) is 5. The van der Waals surface area contributed by atoms with Gasteiger partial charge in [-0.25, -0.2) is 4.68 Å². The van der Waals surface area contributed by atoms with Crippen LogP contribution in [0.2, 0.25) is 0 Å². The van der Waals surface area contributed by atoms with Crippen LogP contribution in [0.15, 0.2) is 42.5 Å². The molecule has 0 saturated heterocycles. The van der Waals surface area contributed by atoms with Crippen molar-refractivity contribution in [3.63, 3.8) is 0 Å². The van der Waals surface area contributed by atoms with E-state index in [4.69, 9.17) is 0 Å². The number of rotatable bonds is 5. The number of nitro groups is 1. The Balaban J connectivity index is 1.53. The Kier molecular flexibility index (Phi) is 5.31. The number of fused-ring (bicyclic) bond motifs is 1. The van der Waals surface area contributed by atoms with Crippen molar-refractivity contribution >= 4 is 11.6 Å². The van der Waals surface area contributed by atoms with Crippen molar-refractivity contribution < 1.29 is 9.72 Å². The number of amides is 1. The minimum absolute atomic E-state index is 0.0468. The highest BCUT2D eigenvalue weighted by Crippen LogP contribution is 2.25. The summed E-state index contributed by atoms with van der Waals surface area (Å²) in [4.78, 5) is 23.4. The third-order valence-corrected chi connectivity index (χ3v) is 5.61. The summed E-state index contributed by atoms with van der Waals surface area (Å²) in [5, 5.41) is 22.1. The van der Waals surface area contributed by atoms with Gasteiger partial charge in [-0.3, -0.25) is 14.9 Å². The molecule has 154 valence electrons. The average Bonchev–Trinajstić information content (AvgIpc) is 3.14. The summed E-state index contributed by atoms with van der Waals surface area (Å²) in [7, 11) is 0. The maximum atomic E-state index is 12.8. The number of aromatic nitrogens is 3. The quantitative estimate of drug-likeness (QED) is 0.513. The molecule has 1 aliphatic carbocycles. The van der Waals surface area contributed by atoms with Crippen LogP contribution < -0.4 is 5.32 Å². The number of nitrogens with one attached hydrogen (secondary N) is 1. The fourth-order valence-electron chi connectivity index (χ4n) is 3.89. The summed E-state index contributed by atoms with van der Waals surface area (Å²) < 4.78 is 1.44. The van der Waals surface area contributed by atoms with E-state index in [2.05, 4.69) is 33.8 Å². The van der Waals surface area contributed by atoms with Crippen molar-refractivity contribution in [1.29, 1.82) is 0 Å². The smallest absolute Gasteiger partial charge is 0.274 e. The Morgan fingerprint density at radius 3 is 2.70 bits per heavy atom. The van der Waals surface area contributed by atoms with Crippen LogP contribution in [0.4, 0.5) is 5.69 Å². The summed E-state index contributed by atoms with van der Waals surface area (Å²) in [6, 6.07) is 12.3. The lowest BCUT2D eigenvalue weighted by Gasteiger charge is -2.20. The van der Waals surface area contributed by atoms with E-state index in [0.29, 0.717) is 11.4 Å². The molecule has 2 aromatic carbocycles. The van der Waals surface area contributed by atoms with E-state index >= 15 is 0 Å². The Morgan fingerprint density at radius 2 is 1.93 bits per heavy atom. The third kappa shape index (κ3) is 3.80. The van der Waals surface area contributed by atoms with E-state index in [0.717, 1.165) is 18.4 Å². The van der Waals surface area contributed by atoms with Gasteiger partial charge in [-0.05, 0) is 62.3 Å². The van der Waals surface area contributed by atoms with Crippen LogP contribution in [0.3, 0.4) is 0 Å². The van der Waals surface area contributed by atoms with Crippen molar-refractivity contribution in [2.45, 2.75) is 45.6 Å². The second-order valence-corrected chi connectivity index (χ2v) is 7.64. The van der Waals surface area contributed by atoms with Crippen molar-refractivity contribution in [2.24, 2.45) is 0 Å². The number of aryl methyl sites for hydroxylation is 2. The van der Waals surface area contributed by atoms with Gasteiger partial charge < -0.3 is 5.32 Å². The molecule has 8 nitrogen and oxygen atoms in total. The van der Waals surface area contributed by atoms with E-state index < -0.39 is 4.92 Å². The molecular formula is C22H23N5O3. The third-order valence-electron chi connectivity index (χ3n) is 5.61. The molecule has 1 unspecified atom stereocenters. The molecule has 1 atom stereocenters. The lowest BCUT2D eigenvalue weighted by atomic mass is 9.89. The first-order chi connectivity index (χ1) is 14.4. The molecule has 1 N–H and O–H groups in total. The molecule has 3 aromatic rings. The molecule has 1 aliphatic rings. The Labute approximate surface area is 174 Å². The van der Waals surface area contributed by atoms with Crippen molar-refractivity contribution in [2.75, 3.05) is 0 Å². The molecule has 30 heavy (non-hydrogen) atoms. The fourth-order valence-corrected chi connectivity index (χ4v) is 3.89. The molecule has 0 saturated carbocycles. The molecule has 0 spiro atoms. The number of non-ortho nitro benzene ring substituents is 1. The molecule has 0 aliphatic heterocycles. The van der Waals surface area contributed by atoms with E-state index in [1.54, 1.807) is 19.1 Å². The van der Waals surface area contributed by atoms with Gasteiger partial charge >= 0.3 is 0 Å². The van der Waals surface area contributed by atoms with Gasteiger partial charge in [-0.1, -0.05) is 29.5 Å². The maximum Gasteiger partial charge on any atom is 0.274 e. The van der Waals surface area contributed by atoms with Crippen molar-refractivity contribution in [3.8, 4) is 5.69 Å². The van der Waals surface area contributed by atoms with Gasteiger partial charge in [0.15, 0.2) is 5.69 Å². The standard InChI is InChI=1S/C22H23N5O3/c1-14(17-11-10-16-6-3-4-7-18(16)12-17)23-22(28)21-15(2)26(25-24-21)19-8-5-9-20(13-19)27(29)30/h5,8-14H,3-4,6-7H2,1-2H3,(H,23,28). The summed E-state index contributed by atoms with van der Waals surface area (Å²) >= 11 is 0. The summed E-state index contributed by atoms with van der Waals surface area (Å²) in [5.74, 6) is -0.325. The predicted octanol–water partition coefficient (Wildman–Crippen LogP) is 3.85. The highest BCUT2D eigenvalue weighted by Gasteiger charge is 2.21. The molecule has 8 heteroatoms. The van der Waals surface area contributed by atoms with Crippen LogP contribution in [0.1, 0.15) is 58.7 Å². The van der Waals surface area contributed by atoms with Gasteiger partial charge in [0, 0.05) is 12.1 Å². The Morgan fingerprint density at radius 1 is 1.17 bits per heavy atom. The molecule has 1 aromatic heterocycles. The number of benzene rings is 2. The van der Waals surface area contributed by atoms with E-state index in [1.165, 1.54) is 40.8 Å². The van der Waals surface area contributed by atoms with Crippen LogP contribution in [0, 0.1) is 17.0 Å². The highest BCUT2D eigenvalue weighted by atomic mass is 16.6. The summed E-state index contributed by atoms with van der Waals surface area (Å²) in [6.07, 6.45) is 4.64. The highest BCUT2D eigenvalue weighted by molar-refractivity contribution is 5.93. The van der Waals surface area contributed by atoms with Crippen LogP contribution in [0.5, 0.6) is 0 Å². The molecule has 0 fully saturated rings. The maximum absolute atomic E-state index is 12.8. The first-order valence-electron chi connectivity index (χ1n) is 10.0. The first kappa shape index (κ1) is 19.8. The van der Waals surface area contributed by atoms with E-state index in [9.17, 15) is 14.9 Å². The topological polar surface area (TPSA) is 103 Å². The molecule has 4 rings (SSSR count). The number of nitro benzene ring substituents is 1. The van der Waals surface area contributed by atoms with Gasteiger partial charge in [0.1, 0.15) is 0 Å². The van der Waals surface area contributed by atoms with Crippen LogP contribution in [-0.4, -0.2) is 25.8 Å². The fraction of sp³-hybridized carbons (Fsp3) is 0.318. The van der Waals surface area contributed by atoms with Crippen molar-refractivity contribution in [1.82, 2.24) is 20.3 Å². The first-order valence-corrected chi connectivity index (χ1v) is 10.0. The molecule has 0 radical (unpaired) electrons. The van der Waals surface area contributed by atoms with E-state index in [1.807, 2.05) is 6.92 Å². The molecule has 0 bridgehead atoms. The van der Waals surface area contributed by atoms with Gasteiger partial charge in [0.25, 0.3) is 11.6 Å². The van der Waals surface area contributed by atoms with Crippen LogP contribution in [-0.2, 0) is 12.8 Å². The minimum atomic E-state index is -0.469. The second kappa shape index (κ2) is 8.06. The normalized spacial score (nSPS) is 14.1. The molecular weight excluding hydrogens is 382 g/mol. The average molecular weight is 405 g/mol. The largest absolute Gasteiger partial charge is 0.344 e. The lowest BCUT2D eigenvalue weighted by Crippen LogP contribution is -2.28. The lowest BCUT2D eigenvalue weighted by molar-refractivity contribution is -0.384. The molecule has 1 amide bonds. The number of nitrogens with zero attached hydrogens (tertiary/aromatic N) is 4. The van der Waals surface area contributed by atoms with Gasteiger partial charge in [-0.2, -0.15) is 0 Å². The van der Waals surface area contributed by atoms with Crippen molar-refractivity contribution in [3.05, 3.63) is 80.7 Å². The zero-order valence-corrected chi connectivity index (χ0v) is 17.0. The van der Waals surface area contributed by atoms with E-state index in [-0.39, 0.29) is 23.3 Å². The van der Waals surface area contributed by atoms with Crippen LogP contribution >= 0.6 is 0 Å². The predicted molar refractivity (Wildman–Crippen MR) is 112 cm³/mol. The number of carbonyl (C=O) groups is 1. The molecule has 1 heterocycles. The summed E-state index contributed by atoms with van der Waals surface area (Å²) in [5.41, 5.74) is 4.99. The zero-order chi connectivity index (χ0) is 21.3. The zero-order valence-electron chi connectivity index (χ0n) is 17.0. The van der Waals surface area contributed by atoms with Gasteiger partial charge in [0.2, 0.25) is 0 Å². The SMILES string of the molecule is Cc1c(C(=O)NC(C)c2ccc3c(c2)CCCC3)nnn1-c1cccc([N+](=O)[O-])c1. The second-order valence-electron chi connectivity index (χ2n) is 7.64. The minimum Gasteiger partial charge on any atom is -0.344 e. The number of carbonyl (C=O) groups excluding carboxylic acids is 1. The monoisotopic (exact) mass is 405 g/mol. The van der Waals surface area contributed by atoms with Gasteiger partial charge in [-0.15, -0.1) is 5.10 Å².